The van der Waals surface area contributed by atoms with Gasteiger partial charge in [0.1, 0.15) is 12.2 Å². The molecule has 0 saturated carbocycles. The van der Waals surface area contributed by atoms with Crippen LogP contribution in [0.3, 0.4) is 0 Å². The van der Waals surface area contributed by atoms with Crippen LogP contribution < -0.4 is 5.73 Å². The van der Waals surface area contributed by atoms with Crippen molar-refractivity contribution in [3.8, 4) is 0 Å². The number of alkyl halides is 1. The molecule has 0 aromatic rings. The molecule has 0 bridgehead atoms. The summed E-state index contributed by atoms with van der Waals surface area (Å²) in [4.78, 5) is 12.3. The lowest BCUT2D eigenvalue weighted by Gasteiger charge is -2.26. The van der Waals surface area contributed by atoms with Gasteiger partial charge in [-0.1, -0.05) is 0 Å². The molecule has 0 aromatic carbocycles. The van der Waals surface area contributed by atoms with Crippen molar-refractivity contribution in [2.45, 2.75) is 31.6 Å². The molecule has 1 heterocycles. The number of carboxylic acids is 1. The van der Waals surface area contributed by atoms with Gasteiger partial charge in [-0.3, -0.25) is 9.69 Å². The standard InChI is InChI=1S/C8H15FN2O2/c1-5(7(10)8(12)13)11-3-2-6(9)4-11/h5-7H,2-4,10H2,1H3,(H,12,13). The second kappa shape index (κ2) is 4.02. The molecule has 4 nitrogen and oxygen atoms in total. The molecular weight excluding hydrogens is 175 g/mol. The minimum Gasteiger partial charge on any atom is -0.480 e. The van der Waals surface area contributed by atoms with Gasteiger partial charge in [0, 0.05) is 19.1 Å². The minimum atomic E-state index is -1.03. The number of aliphatic carboxylic acids is 1. The molecule has 1 aliphatic rings. The largest absolute Gasteiger partial charge is 0.480 e. The number of likely N-dealkylation sites (tertiary alicyclic amines) is 1. The third kappa shape index (κ3) is 2.38. The van der Waals surface area contributed by atoms with Crippen LogP contribution in [-0.2, 0) is 4.79 Å². The van der Waals surface area contributed by atoms with Gasteiger partial charge in [-0.15, -0.1) is 0 Å². The fourth-order valence-electron chi connectivity index (χ4n) is 1.55. The van der Waals surface area contributed by atoms with Crippen molar-refractivity contribution in [1.29, 1.82) is 0 Å². The highest BCUT2D eigenvalue weighted by molar-refractivity contribution is 5.74. The lowest BCUT2D eigenvalue weighted by atomic mass is 10.1. The molecule has 13 heavy (non-hydrogen) atoms. The summed E-state index contributed by atoms with van der Waals surface area (Å²) in [6.07, 6.45) is -0.347. The van der Waals surface area contributed by atoms with Crippen LogP contribution in [0, 0.1) is 0 Å². The number of hydrogen-bond donors (Lipinski definition) is 2. The molecule has 1 aliphatic heterocycles. The van der Waals surface area contributed by atoms with Gasteiger partial charge in [-0.05, 0) is 13.3 Å². The second-order valence-electron chi connectivity index (χ2n) is 3.49. The Morgan fingerprint density at radius 2 is 2.38 bits per heavy atom. The van der Waals surface area contributed by atoms with E-state index in [1.54, 1.807) is 11.8 Å². The zero-order valence-corrected chi connectivity index (χ0v) is 7.61. The first-order chi connectivity index (χ1) is 6.02. The summed E-state index contributed by atoms with van der Waals surface area (Å²) in [5.74, 6) is -1.03. The van der Waals surface area contributed by atoms with Gasteiger partial charge >= 0.3 is 5.97 Å². The Balaban J connectivity index is 2.47. The van der Waals surface area contributed by atoms with Crippen LogP contribution in [0.5, 0.6) is 0 Å². The van der Waals surface area contributed by atoms with E-state index in [0.717, 1.165) is 0 Å². The predicted octanol–water partition coefficient (Wildman–Crippen LogP) is -0.169. The molecule has 0 aromatic heterocycles. The highest BCUT2D eigenvalue weighted by atomic mass is 19.1. The quantitative estimate of drug-likeness (QED) is 0.648. The van der Waals surface area contributed by atoms with Gasteiger partial charge in [0.15, 0.2) is 0 Å². The molecule has 0 amide bonds. The SMILES string of the molecule is CC(C(N)C(=O)O)N1CCC(F)C1. The van der Waals surface area contributed by atoms with Crippen molar-refractivity contribution in [2.75, 3.05) is 13.1 Å². The summed E-state index contributed by atoms with van der Waals surface area (Å²) in [5.41, 5.74) is 5.42. The van der Waals surface area contributed by atoms with Crippen LogP contribution in [-0.4, -0.2) is 47.3 Å². The maximum absolute atomic E-state index is 12.8. The van der Waals surface area contributed by atoms with E-state index in [-0.39, 0.29) is 6.04 Å². The summed E-state index contributed by atoms with van der Waals surface area (Å²) in [6, 6.07) is -1.22. The van der Waals surface area contributed by atoms with E-state index >= 15 is 0 Å². The van der Waals surface area contributed by atoms with Crippen molar-refractivity contribution in [1.82, 2.24) is 4.90 Å². The Morgan fingerprint density at radius 3 is 2.77 bits per heavy atom. The number of rotatable bonds is 3. The minimum absolute atomic E-state index is 0.293. The van der Waals surface area contributed by atoms with Crippen LogP contribution in [0.4, 0.5) is 4.39 Å². The predicted molar refractivity (Wildman–Crippen MR) is 46.2 cm³/mol. The normalized spacial score (nSPS) is 28.7. The molecule has 3 N–H and O–H groups in total. The topological polar surface area (TPSA) is 66.6 Å². The van der Waals surface area contributed by atoms with Crippen LogP contribution >= 0.6 is 0 Å². The van der Waals surface area contributed by atoms with Gasteiger partial charge in [0.2, 0.25) is 0 Å². The van der Waals surface area contributed by atoms with Gasteiger partial charge in [-0.25, -0.2) is 4.39 Å². The summed E-state index contributed by atoms with van der Waals surface area (Å²) in [7, 11) is 0. The Kier molecular flexibility index (Phi) is 3.22. The zero-order valence-electron chi connectivity index (χ0n) is 7.61. The molecule has 0 spiro atoms. The molecule has 1 rings (SSSR count). The summed E-state index contributed by atoms with van der Waals surface area (Å²) < 4.78 is 12.8. The molecule has 76 valence electrons. The second-order valence-corrected chi connectivity index (χ2v) is 3.49. The van der Waals surface area contributed by atoms with Gasteiger partial charge in [0.05, 0.1) is 0 Å². The van der Waals surface area contributed by atoms with Gasteiger partial charge < -0.3 is 10.8 Å². The Labute approximate surface area is 76.5 Å². The number of nitrogens with two attached hydrogens (primary N) is 1. The molecule has 3 atom stereocenters. The van der Waals surface area contributed by atoms with Crippen molar-refractivity contribution in [3.63, 3.8) is 0 Å². The van der Waals surface area contributed by atoms with Crippen molar-refractivity contribution in [3.05, 3.63) is 0 Å². The first-order valence-electron chi connectivity index (χ1n) is 4.39. The van der Waals surface area contributed by atoms with Crippen LogP contribution in [0.25, 0.3) is 0 Å². The Hall–Kier alpha value is -0.680. The molecule has 1 fully saturated rings. The monoisotopic (exact) mass is 190 g/mol. The lowest BCUT2D eigenvalue weighted by Crippen LogP contribution is -2.49. The highest BCUT2D eigenvalue weighted by Crippen LogP contribution is 2.16. The van der Waals surface area contributed by atoms with Crippen molar-refractivity contribution < 1.29 is 14.3 Å². The number of carboxylic acid groups (broad SMARTS) is 1. The number of carbonyl (C=O) groups is 1. The fraction of sp³-hybridized carbons (Fsp3) is 0.875. The maximum atomic E-state index is 12.8. The van der Waals surface area contributed by atoms with E-state index in [1.165, 1.54) is 0 Å². The van der Waals surface area contributed by atoms with Crippen LogP contribution in [0.1, 0.15) is 13.3 Å². The third-order valence-corrected chi connectivity index (χ3v) is 2.54. The van der Waals surface area contributed by atoms with Gasteiger partial charge in [-0.2, -0.15) is 0 Å². The van der Waals surface area contributed by atoms with E-state index in [0.29, 0.717) is 19.5 Å². The van der Waals surface area contributed by atoms with Crippen LogP contribution in [0.2, 0.25) is 0 Å². The third-order valence-electron chi connectivity index (χ3n) is 2.54. The maximum Gasteiger partial charge on any atom is 0.322 e. The fourth-order valence-corrected chi connectivity index (χ4v) is 1.55. The summed E-state index contributed by atoms with van der Waals surface area (Å²) >= 11 is 0. The Bertz CT molecular complexity index is 201. The first-order valence-corrected chi connectivity index (χ1v) is 4.39. The average Bonchev–Trinajstić information content (AvgIpc) is 2.49. The average molecular weight is 190 g/mol. The summed E-state index contributed by atoms with van der Waals surface area (Å²) in [6.45, 7) is 2.63. The van der Waals surface area contributed by atoms with E-state index in [9.17, 15) is 9.18 Å². The highest BCUT2D eigenvalue weighted by Gasteiger charge is 2.31. The van der Waals surface area contributed by atoms with Crippen molar-refractivity contribution in [2.24, 2.45) is 5.73 Å². The van der Waals surface area contributed by atoms with E-state index < -0.39 is 18.2 Å². The number of nitrogens with zero attached hydrogens (tertiary/aromatic N) is 1. The van der Waals surface area contributed by atoms with E-state index in [2.05, 4.69) is 0 Å². The molecule has 5 heteroatoms. The molecular formula is C8H15FN2O2. The lowest BCUT2D eigenvalue weighted by molar-refractivity contribution is -0.140. The molecule has 0 aliphatic carbocycles. The first kappa shape index (κ1) is 10.4. The van der Waals surface area contributed by atoms with Crippen molar-refractivity contribution >= 4 is 5.97 Å². The molecule has 3 unspecified atom stereocenters. The molecule has 0 radical (unpaired) electrons. The van der Waals surface area contributed by atoms with E-state index in [1.807, 2.05) is 0 Å². The number of hydrogen-bond acceptors (Lipinski definition) is 3. The van der Waals surface area contributed by atoms with E-state index in [4.69, 9.17) is 10.8 Å². The van der Waals surface area contributed by atoms with Crippen LogP contribution in [0.15, 0.2) is 0 Å². The summed E-state index contributed by atoms with van der Waals surface area (Å²) in [5, 5.41) is 8.63. The van der Waals surface area contributed by atoms with Gasteiger partial charge in [0.25, 0.3) is 0 Å². The Morgan fingerprint density at radius 1 is 1.77 bits per heavy atom. The molecule has 1 saturated heterocycles. The zero-order chi connectivity index (χ0) is 10.0. The number of halogens is 1. The smallest absolute Gasteiger partial charge is 0.322 e.